The molecule has 112 valence electrons. The summed E-state index contributed by atoms with van der Waals surface area (Å²) in [5.41, 5.74) is -0.306. The van der Waals surface area contributed by atoms with Gasteiger partial charge < -0.3 is 9.15 Å². The van der Waals surface area contributed by atoms with Crippen molar-refractivity contribution in [2.45, 2.75) is 13.3 Å². The Labute approximate surface area is 137 Å². The zero-order valence-corrected chi connectivity index (χ0v) is 13.6. The Hall–Kier alpha value is -1.22. The van der Waals surface area contributed by atoms with Crippen LogP contribution in [-0.4, -0.2) is 17.6 Å². The summed E-state index contributed by atoms with van der Waals surface area (Å²) in [5.74, 6) is -1.65. The van der Waals surface area contributed by atoms with Crippen LogP contribution in [0.2, 0.25) is 5.02 Å². The van der Waals surface area contributed by atoms with Crippen LogP contribution in [0.3, 0.4) is 0 Å². The zero-order chi connectivity index (χ0) is 15.6. The Balaban J connectivity index is 2.53. The minimum atomic E-state index is -2.95. The summed E-state index contributed by atoms with van der Waals surface area (Å²) in [6, 6.07) is 4.86. The first-order valence-electron chi connectivity index (χ1n) is 5.85. The van der Waals surface area contributed by atoms with Gasteiger partial charge >= 0.3 is 5.97 Å². The highest BCUT2D eigenvalue weighted by molar-refractivity contribution is 14.1. The van der Waals surface area contributed by atoms with Crippen molar-refractivity contribution in [3.8, 4) is 11.5 Å². The van der Waals surface area contributed by atoms with Crippen molar-refractivity contribution >= 4 is 40.2 Å². The van der Waals surface area contributed by atoms with E-state index in [9.17, 15) is 13.6 Å². The average molecular weight is 428 g/mol. The van der Waals surface area contributed by atoms with Crippen LogP contribution in [0, 0.1) is 3.57 Å². The second kappa shape index (κ2) is 6.69. The highest BCUT2D eigenvalue weighted by atomic mass is 127. The molecule has 0 amide bonds. The highest BCUT2D eigenvalue weighted by Gasteiger charge is 2.28. The van der Waals surface area contributed by atoms with Crippen LogP contribution in [0.25, 0.3) is 11.5 Å². The Bertz CT molecular complexity index is 675. The van der Waals surface area contributed by atoms with Gasteiger partial charge in [0.2, 0.25) is 11.7 Å². The van der Waals surface area contributed by atoms with E-state index >= 15 is 0 Å². The maximum atomic E-state index is 13.0. The smallest absolute Gasteiger partial charge is 0.376 e. The van der Waals surface area contributed by atoms with Gasteiger partial charge in [0.15, 0.2) is 5.69 Å². The lowest BCUT2D eigenvalue weighted by atomic mass is 10.2. The van der Waals surface area contributed by atoms with Crippen molar-refractivity contribution in [2.75, 3.05) is 6.61 Å². The summed E-state index contributed by atoms with van der Waals surface area (Å²) in [6.45, 7) is 1.61. The molecule has 0 spiro atoms. The molecule has 0 radical (unpaired) electrons. The van der Waals surface area contributed by atoms with Crippen molar-refractivity contribution in [1.82, 2.24) is 4.98 Å². The van der Waals surface area contributed by atoms with Gasteiger partial charge in [0.1, 0.15) is 0 Å². The number of rotatable bonds is 4. The molecule has 8 heteroatoms. The van der Waals surface area contributed by atoms with Gasteiger partial charge in [-0.25, -0.2) is 18.6 Å². The fourth-order valence-corrected chi connectivity index (χ4v) is 2.34. The first-order chi connectivity index (χ1) is 9.93. The molecule has 0 bridgehead atoms. The first kappa shape index (κ1) is 16.2. The zero-order valence-electron chi connectivity index (χ0n) is 10.7. The summed E-state index contributed by atoms with van der Waals surface area (Å²) < 4.78 is 36.5. The quantitative estimate of drug-likeness (QED) is 0.524. The lowest BCUT2D eigenvalue weighted by Gasteiger charge is -2.00. The van der Waals surface area contributed by atoms with Crippen molar-refractivity contribution in [3.05, 3.63) is 38.2 Å². The molecule has 0 saturated carbocycles. The van der Waals surface area contributed by atoms with Gasteiger partial charge in [-0.1, -0.05) is 11.6 Å². The molecule has 4 nitrogen and oxygen atoms in total. The molecule has 0 atom stereocenters. The van der Waals surface area contributed by atoms with Gasteiger partial charge in [0.05, 0.1) is 12.2 Å². The topological polar surface area (TPSA) is 52.3 Å². The molecule has 0 N–H and O–H groups in total. The van der Waals surface area contributed by atoms with E-state index in [1.165, 1.54) is 6.07 Å². The monoisotopic (exact) mass is 427 g/mol. The number of aromatic nitrogens is 1. The number of esters is 1. The van der Waals surface area contributed by atoms with E-state index in [-0.39, 0.29) is 12.5 Å². The number of carbonyl (C=O) groups excluding carboxylic acids is 1. The molecule has 0 unspecified atom stereocenters. The third-order valence-corrected chi connectivity index (χ3v) is 3.66. The molecule has 1 aromatic heterocycles. The Kier molecular flexibility index (Phi) is 5.15. The van der Waals surface area contributed by atoms with Crippen molar-refractivity contribution < 1.29 is 22.7 Å². The van der Waals surface area contributed by atoms with Crippen molar-refractivity contribution in [3.63, 3.8) is 0 Å². The number of carbonyl (C=O) groups is 1. The van der Waals surface area contributed by atoms with Crippen LogP contribution in [0.4, 0.5) is 8.78 Å². The Morgan fingerprint density at radius 2 is 2.24 bits per heavy atom. The molecule has 0 saturated heterocycles. The fourth-order valence-electron chi connectivity index (χ4n) is 1.60. The number of benzene rings is 1. The van der Waals surface area contributed by atoms with Gasteiger partial charge in [0, 0.05) is 8.59 Å². The SMILES string of the molecule is CCOC(=O)c1oc(-c2cc(Cl)ccc2I)nc1C(F)F. The van der Waals surface area contributed by atoms with Gasteiger partial charge in [-0.15, -0.1) is 0 Å². The maximum Gasteiger partial charge on any atom is 0.376 e. The molecular weight excluding hydrogens is 418 g/mol. The number of nitrogens with zero attached hydrogens (tertiary/aromatic N) is 1. The maximum absolute atomic E-state index is 13.0. The van der Waals surface area contributed by atoms with Crippen LogP contribution in [0.15, 0.2) is 22.6 Å². The van der Waals surface area contributed by atoms with Gasteiger partial charge in [0.25, 0.3) is 6.43 Å². The number of hydrogen-bond donors (Lipinski definition) is 0. The third kappa shape index (κ3) is 3.52. The molecule has 1 aromatic carbocycles. The largest absolute Gasteiger partial charge is 0.460 e. The molecule has 2 rings (SSSR count). The second-order valence-electron chi connectivity index (χ2n) is 3.88. The number of alkyl halides is 2. The molecule has 0 fully saturated rings. The number of halogens is 4. The van der Waals surface area contributed by atoms with E-state index in [0.29, 0.717) is 14.2 Å². The lowest BCUT2D eigenvalue weighted by Crippen LogP contribution is -2.06. The van der Waals surface area contributed by atoms with Crippen LogP contribution < -0.4 is 0 Å². The van der Waals surface area contributed by atoms with Crippen LogP contribution in [0.1, 0.15) is 29.6 Å². The van der Waals surface area contributed by atoms with Crippen molar-refractivity contribution in [2.24, 2.45) is 0 Å². The van der Waals surface area contributed by atoms with E-state index in [2.05, 4.69) is 9.72 Å². The highest BCUT2D eigenvalue weighted by Crippen LogP contribution is 2.32. The first-order valence-corrected chi connectivity index (χ1v) is 7.31. The molecule has 1 heterocycles. The Morgan fingerprint density at radius 1 is 1.52 bits per heavy atom. The average Bonchev–Trinajstić information content (AvgIpc) is 2.87. The van der Waals surface area contributed by atoms with E-state index in [1.807, 2.05) is 22.6 Å². The van der Waals surface area contributed by atoms with Crippen LogP contribution in [-0.2, 0) is 4.74 Å². The summed E-state index contributed by atoms with van der Waals surface area (Å²) >= 11 is 7.87. The summed E-state index contributed by atoms with van der Waals surface area (Å²) in [7, 11) is 0. The van der Waals surface area contributed by atoms with Gasteiger partial charge in [-0.3, -0.25) is 0 Å². The lowest BCUT2D eigenvalue weighted by molar-refractivity contribution is 0.0476. The number of ether oxygens (including phenoxy) is 1. The molecule has 0 aliphatic heterocycles. The molecule has 0 aliphatic rings. The minimum Gasteiger partial charge on any atom is -0.460 e. The summed E-state index contributed by atoms with van der Waals surface area (Å²) in [6.07, 6.45) is -2.95. The Morgan fingerprint density at radius 3 is 2.86 bits per heavy atom. The molecule has 0 aliphatic carbocycles. The predicted octanol–water partition coefficient (Wildman–Crippen LogP) is 4.71. The molecule has 21 heavy (non-hydrogen) atoms. The van der Waals surface area contributed by atoms with E-state index < -0.39 is 23.8 Å². The van der Waals surface area contributed by atoms with E-state index in [4.69, 9.17) is 16.0 Å². The van der Waals surface area contributed by atoms with Crippen molar-refractivity contribution in [1.29, 1.82) is 0 Å². The van der Waals surface area contributed by atoms with Crippen LogP contribution in [0.5, 0.6) is 0 Å². The minimum absolute atomic E-state index is 0.0479. The fraction of sp³-hybridized carbons (Fsp3) is 0.231. The normalized spacial score (nSPS) is 11.0. The standard InChI is InChI=1S/C13H9ClF2INO3/c1-2-20-13(19)10-9(11(15)16)18-12(21-10)7-5-6(14)3-4-8(7)17/h3-5,11H,2H2,1H3. The number of hydrogen-bond acceptors (Lipinski definition) is 4. The second-order valence-corrected chi connectivity index (χ2v) is 5.48. The number of oxazole rings is 1. The summed E-state index contributed by atoms with van der Waals surface area (Å²) in [4.78, 5) is 15.4. The molecular formula is C13H9ClF2INO3. The van der Waals surface area contributed by atoms with Gasteiger partial charge in [-0.05, 0) is 47.7 Å². The van der Waals surface area contributed by atoms with Crippen LogP contribution >= 0.6 is 34.2 Å². The molecule has 2 aromatic rings. The van der Waals surface area contributed by atoms with E-state index in [1.54, 1.807) is 19.1 Å². The predicted molar refractivity (Wildman–Crippen MR) is 80.6 cm³/mol. The van der Waals surface area contributed by atoms with E-state index in [0.717, 1.165) is 0 Å². The summed E-state index contributed by atoms with van der Waals surface area (Å²) in [5, 5.41) is 0.403. The third-order valence-electron chi connectivity index (χ3n) is 2.48. The van der Waals surface area contributed by atoms with Gasteiger partial charge in [-0.2, -0.15) is 0 Å².